The highest BCUT2D eigenvalue weighted by molar-refractivity contribution is 5.89. The van der Waals surface area contributed by atoms with Gasteiger partial charge in [-0.15, -0.1) is 0 Å². The maximum Gasteiger partial charge on any atom is 0.337 e. The molecule has 1 aliphatic heterocycles. The van der Waals surface area contributed by atoms with Gasteiger partial charge in [0.25, 0.3) is 0 Å². The predicted octanol–water partition coefficient (Wildman–Crippen LogP) is 2.94. The van der Waals surface area contributed by atoms with Crippen molar-refractivity contribution in [3.8, 4) is 0 Å². The Bertz CT molecular complexity index is 769. The Balaban J connectivity index is 1.39. The Morgan fingerprint density at radius 1 is 0.964 bits per heavy atom. The molecule has 0 aromatic heterocycles. The average molecular weight is 381 g/mol. The number of nitrogens with zero attached hydrogens (tertiary/aromatic N) is 2. The van der Waals surface area contributed by atoms with E-state index in [0.717, 1.165) is 31.6 Å². The van der Waals surface area contributed by atoms with Crippen molar-refractivity contribution in [2.75, 3.05) is 44.7 Å². The average Bonchev–Trinajstić information content (AvgIpc) is 2.77. The summed E-state index contributed by atoms with van der Waals surface area (Å²) in [5.41, 5.74) is 2.89. The second kappa shape index (κ2) is 9.78. The van der Waals surface area contributed by atoms with Crippen molar-refractivity contribution < 1.29 is 14.3 Å². The molecular formula is C22H27N3O3. The Morgan fingerprint density at radius 3 is 2.29 bits per heavy atom. The standard InChI is InChI=1S/C22H27N3O3/c1-28-21(26)19-9-11-20(12-10-19)24-14-16-25(17-15-24)22(27)23-13-5-8-18-6-3-2-4-7-18/h2-4,6-7,9-12H,5,8,13-17H2,1H3,(H,23,27). The molecule has 3 rings (SSSR count). The number of methoxy groups -OCH3 is 1. The molecule has 0 aliphatic carbocycles. The van der Waals surface area contributed by atoms with E-state index in [0.29, 0.717) is 25.2 Å². The highest BCUT2D eigenvalue weighted by Crippen LogP contribution is 2.18. The van der Waals surface area contributed by atoms with Crippen molar-refractivity contribution >= 4 is 17.7 Å². The van der Waals surface area contributed by atoms with Crippen molar-refractivity contribution in [3.05, 3.63) is 65.7 Å². The quantitative estimate of drug-likeness (QED) is 0.617. The summed E-state index contributed by atoms with van der Waals surface area (Å²) >= 11 is 0. The first-order valence-corrected chi connectivity index (χ1v) is 9.67. The van der Waals surface area contributed by atoms with Crippen molar-refractivity contribution in [1.29, 1.82) is 0 Å². The summed E-state index contributed by atoms with van der Waals surface area (Å²) in [6, 6.07) is 17.7. The molecule has 0 atom stereocenters. The molecule has 0 spiro atoms. The SMILES string of the molecule is COC(=O)c1ccc(N2CCN(C(=O)NCCCc3ccccc3)CC2)cc1. The Kier molecular flexibility index (Phi) is 6.89. The molecule has 148 valence electrons. The van der Waals surface area contributed by atoms with E-state index in [9.17, 15) is 9.59 Å². The maximum atomic E-state index is 12.4. The van der Waals surface area contributed by atoms with Gasteiger partial charge in [0, 0.05) is 38.4 Å². The molecule has 2 aromatic rings. The van der Waals surface area contributed by atoms with Crippen LogP contribution in [-0.2, 0) is 11.2 Å². The number of carbonyl (C=O) groups excluding carboxylic acids is 2. The van der Waals surface area contributed by atoms with E-state index in [2.05, 4.69) is 22.3 Å². The van der Waals surface area contributed by atoms with Gasteiger partial charge in [0.2, 0.25) is 0 Å². The lowest BCUT2D eigenvalue weighted by atomic mass is 10.1. The van der Waals surface area contributed by atoms with Crippen LogP contribution in [0, 0.1) is 0 Å². The third-order valence-corrected chi connectivity index (χ3v) is 4.98. The first-order valence-electron chi connectivity index (χ1n) is 9.67. The van der Waals surface area contributed by atoms with Crippen molar-refractivity contribution in [1.82, 2.24) is 10.2 Å². The van der Waals surface area contributed by atoms with Crippen LogP contribution in [0.1, 0.15) is 22.3 Å². The van der Waals surface area contributed by atoms with Crippen LogP contribution in [0.5, 0.6) is 0 Å². The van der Waals surface area contributed by atoms with Gasteiger partial charge in [-0.1, -0.05) is 30.3 Å². The zero-order valence-electron chi connectivity index (χ0n) is 16.3. The lowest BCUT2D eigenvalue weighted by Crippen LogP contribution is -2.52. The second-order valence-corrected chi connectivity index (χ2v) is 6.83. The molecule has 0 saturated carbocycles. The van der Waals surface area contributed by atoms with Gasteiger partial charge in [-0.25, -0.2) is 9.59 Å². The fourth-order valence-corrected chi connectivity index (χ4v) is 3.34. The summed E-state index contributed by atoms with van der Waals surface area (Å²) in [4.78, 5) is 28.0. The van der Waals surface area contributed by atoms with Crippen molar-refractivity contribution in [2.24, 2.45) is 0 Å². The molecular weight excluding hydrogens is 354 g/mol. The predicted molar refractivity (Wildman–Crippen MR) is 110 cm³/mol. The summed E-state index contributed by atoms with van der Waals surface area (Å²) < 4.78 is 4.72. The molecule has 6 nitrogen and oxygen atoms in total. The van der Waals surface area contributed by atoms with E-state index in [1.165, 1.54) is 12.7 Å². The van der Waals surface area contributed by atoms with Crippen molar-refractivity contribution in [3.63, 3.8) is 0 Å². The Morgan fingerprint density at radius 2 is 1.64 bits per heavy atom. The van der Waals surface area contributed by atoms with Crippen LogP contribution in [0.25, 0.3) is 0 Å². The summed E-state index contributed by atoms with van der Waals surface area (Å²) in [5, 5.41) is 3.02. The number of rotatable bonds is 6. The first kappa shape index (κ1) is 19.7. The molecule has 1 heterocycles. The van der Waals surface area contributed by atoms with Crippen LogP contribution in [0.2, 0.25) is 0 Å². The zero-order chi connectivity index (χ0) is 19.8. The second-order valence-electron chi connectivity index (χ2n) is 6.83. The van der Waals surface area contributed by atoms with Gasteiger partial charge in [-0.3, -0.25) is 0 Å². The van der Waals surface area contributed by atoms with E-state index in [4.69, 9.17) is 4.74 Å². The van der Waals surface area contributed by atoms with Crippen LogP contribution in [0.4, 0.5) is 10.5 Å². The topological polar surface area (TPSA) is 61.9 Å². The van der Waals surface area contributed by atoms with Gasteiger partial charge in [0.1, 0.15) is 0 Å². The van der Waals surface area contributed by atoms with Crippen LogP contribution in [-0.4, -0.2) is 56.7 Å². The van der Waals surface area contributed by atoms with Gasteiger partial charge >= 0.3 is 12.0 Å². The number of amides is 2. The monoisotopic (exact) mass is 381 g/mol. The van der Waals surface area contributed by atoms with Gasteiger partial charge in [-0.2, -0.15) is 0 Å². The van der Waals surface area contributed by atoms with Gasteiger partial charge in [-0.05, 0) is 42.7 Å². The van der Waals surface area contributed by atoms with Gasteiger partial charge in [0.05, 0.1) is 12.7 Å². The number of urea groups is 1. The number of esters is 1. The number of piperazine rings is 1. The number of hydrogen-bond donors (Lipinski definition) is 1. The number of anilines is 1. The number of benzene rings is 2. The molecule has 0 radical (unpaired) electrons. The van der Waals surface area contributed by atoms with Crippen molar-refractivity contribution in [2.45, 2.75) is 12.8 Å². The number of nitrogens with one attached hydrogen (secondary N) is 1. The molecule has 0 bridgehead atoms. The fraction of sp³-hybridized carbons (Fsp3) is 0.364. The highest BCUT2D eigenvalue weighted by Gasteiger charge is 2.21. The normalized spacial score (nSPS) is 13.9. The van der Waals surface area contributed by atoms with Crippen LogP contribution in [0.3, 0.4) is 0 Å². The van der Waals surface area contributed by atoms with Gasteiger partial charge in [0.15, 0.2) is 0 Å². The summed E-state index contributed by atoms with van der Waals surface area (Å²) in [6.07, 6.45) is 1.90. The third kappa shape index (κ3) is 5.25. The molecule has 1 saturated heterocycles. The summed E-state index contributed by atoms with van der Waals surface area (Å²) in [6.45, 7) is 3.60. The number of aryl methyl sites for hydroxylation is 1. The minimum atomic E-state index is -0.333. The minimum Gasteiger partial charge on any atom is -0.465 e. The van der Waals surface area contributed by atoms with E-state index >= 15 is 0 Å². The maximum absolute atomic E-state index is 12.4. The molecule has 28 heavy (non-hydrogen) atoms. The van der Waals surface area contributed by atoms with Crippen LogP contribution < -0.4 is 10.2 Å². The Labute approximate surface area is 166 Å². The van der Waals surface area contributed by atoms with E-state index in [1.54, 1.807) is 12.1 Å². The molecule has 1 aliphatic rings. The Hall–Kier alpha value is -3.02. The number of hydrogen-bond acceptors (Lipinski definition) is 4. The minimum absolute atomic E-state index is 0.00810. The summed E-state index contributed by atoms with van der Waals surface area (Å²) in [7, 11) is 1.38. The van der Waals surface area contributed by atoms with E-state index in [-0.39, 0.29) is 12.0 Å². The lowest BCUT2D eigenvalue weighted by Gasteiger charge is -2.36. The smallest absolute Gasteiger partial charge is 0.337 e. The van der Waals surface area contributed by atoms with E-state index in [1.807, 2.05) is 35.2 Å². The van der Waals surface area contributed by atoms with Crippen LogP contribution >= 0.6 is 0 Å². The summed E-state index contributed by atoms with van der Waals surface area (Å²) in [5.74, 6) is -0.333. The number of ether oxygens (including phenoxy) is 1. The molecule has 2 aromatic carbocycles. The van der Waals surface area contributed by atoms with E-state index < -0.39 is 0 Å². The third-order valence-electron chi connectivity index (χ3n) is 4.98. The lowest BCUT2D eigenvalue weighted by molar-refractivity contribution is 0.0600. The van der Waals surface area contributed by atoms with Gasteiger partial charge < -0.3 is 19.9 Å². The number of carbonyl (C=O) groups is 2. The fourth-order valence-electron chi connectivity index (χ4n) is 3.34. The molecule has 1 fully saturated rings. The largest absolute Gasteiger partial charge is 0.465 e. The van der Waals surface area contributed by atoms with Crippen LogP contribution in [0.15, 0.2) is 54.6 Å². The molecule has 1 N–H and O–H groups in total. The first-order chi connectivity index (χ1) is 13.7. The molecule has 6 heteroatoms. The highest BCUT2D eigenvalue weighted by atomic mass is 16.5. The molecule has 0 unspecified atom stereocenters. The zero-order valence-corrected chi connectivity index (χ0v) is 16.3. The molecule has 2 amide bonds.